The molecule has 32 nitrogen and oxygen atoms in total. The molecular formula is C76H129NO31. The first-order chi connectivity index (χ1) is 50.5. The van der Waals surface area contributed by atoms with Gasteiger partial charge in [-0.3, -0.25) is 43.2 Å². The highest BCUT2D eigenvalue weighted by atomic mass is 17.2. The minimum absolute atomic E-state index is 0.00664. The van der Waals surface area contributed by atoms with E-state index in [4.69, 9.17) is 98.5 Å². The zero-order chi connectivity index (χ0) is 82.7. The number of carbonyl (C=O) groups is 11. The van der Waals surface area contributed by atoms with E-state index in [1.54, 1.807) is 27.7 Å². The van der Waals surface area contributed by atoms with Crippen molar-refractivity contribution in [2.75, 3.05) is 92.4 Å². The van der Waals surface area contributed by atoms with Crippen LogP contribution in [0.1, 0.15) is 253 Å². The lowest BCUT2D eigenvalue weighted by Crippen LogP contribution is -2.38. The summed E-state index contributed by atoms with van der Waals surface area (Å²) in [6.07, 6.45) is 11.7. The minimum Gasteiger partial charge on any atom is -0.481 e. The number of carboxylic acid groups (broad SMARTS) is 6. The van der Waals surface area contributed by atoms with Gasteiger partial charge in [-0.05, 0) is 195 Å². The van der Waals surface area contributed by atoms with Crippen molar-refractivity contribution in [1.82, 2.24) is 5.32 Å². The van der Waals surface area contributed by atoms with E-state index in [2.05, 4.69) is 5.32 Å². The van der Waals surface area contributed by atoms with Gasteiger partial charge < -0.3 is 54.9 Å². The Morgan fingerprint density at radius 1 is 0.417 bits per heavy atom. The molecule has 0 aliphatic heterocycles. The van der Waals surface area contributed by atoms with E-state index in [0.29, 0.717) is 83.5 Å². The Kier molecular flexibility index (Phi) is 52.9. The molecule has 2 fully saturated rings. The number of aliphatic carboxylic acids is 4. The molecule has 1 amide bonds. The second-order valence-corrected chi connectivity index (χ2v) is 29.9. The van der Waals surface area contributed by atoms with Gasteiger partial charge in [0.1, 0.15) is 59.5 Å². The van der Waals surface area contributed by atoms with E-state index in [1.165, 1.54) is 18.2 Å². The van der Waals surface area contributed by atoms with E-state index >= 15 is 0 Å². The normalized spacial score (nSPS) is 15.9. The summed E-state index contributed by atoms with van der Waals surface area (Å²) in [4.78, 5) is 173. The molecule has 0 bridgehead atoms. The van der Waals surface area contributed by atoms with E-state index < -0.39 is 62.9 Å². The Labute approximate surface area is 636 Å². The molecule has 0 spiro atoms. The van der Waals surface area contributed by atoms with Crippen molar-refractivity contribution in [3.8, 4) is 0 Å². The Morgan fingerprint density at radius 2 is 0.824 bits per heavy atom. The second kappa shape index (κ2) is 55.4. The monoisotopic (exact) mass is 1550 g/mol. The van der Waals surface area contributed by atoms with Gasteiger partial charge in [-0.15, -0.1) is 0 Å². The summed E-state index contributed by atoms with van der Waals surface area (Å²) in [5, 5.41) is 56.2. The Bertz CT molecular complexity index is 2810. The number of benzene rings is 1. The van der Waals surface area contributed by atoms with Crippen LogP contribution in [0.5, 0.6) is 0 Å². The molecule has 32 heteroatoms. The fourth-order valence-electron chi connectivity index (χ4n) is 8.76. The highest BCUT2D eigenvalue weighted by molar-refractivity contribution is 5.93. The van der Waals surface area contributed by atoms with Gasteiger partial charge in [-0.25, -0.2) is 58.5 Å². The van der Waals surface area contributed by atoms with Gasteiger partial charge in [-0.1, -0.05) is 61.3 Å². The van der Waals surface area contributed by atoms with Crippen molar-refractivity contribution < 1.29 is 151 Å². The average molecular weight is 1550 g/mol. The third-order valence-electron chi connectivity index (χ3n) is 18.8. The topological polar surface area (TPSA) is 450 Å². The van der Waals surface area contributed by atoms with Crippen LogP contribution in [-0.2, 0) is 118 Å². The van der Waals surface area contributed by atoms with Crippen LogP contribution in [0.2, 0.25) is 0 Å². The number of carbonyl (C=O) groups excluding carboxylic acids is 5. The lowest BCUT2D eigenvalue weighted by Gasteiger charge is -2.27. The Balaban J connectivity index is 0. The number of ether oxygens (including phenoxy) is 4. The number of amides is 1. The smallest absolute Gasteiger partial charge is 0.336 e. The molecule has 0 saturated heterocycles. The summed E-state index contributed by atoms with van der Waals surface area (Å²) in [6, 6.07) is 3.60. The average Bonchev–Trinajstić information content (AvgIpc) is 0.826. The summed E-state index contributed by atoms with van der Waals surface area (Å²) < 4.78 is 20.3. The molecule has 2 atom stereocenters. The van der Waals surface area contributed by atoms with Crippen molar-refractivity contribution >= 4 is 65.6 Å². The van der Waals surface area contributed by atoms with Crippen LogP contribution in [0.15, 0.2) is 18.2 Å². The molecular weight excluding hydrogens is 1420 g/mol. The van der Waals surface area contributed by atoms with Crippen LogP contribution in [0.25, 0.3) is 0 Å². The summed E-state index contributed by atoms with van der Waals surface area (Å²) in [5.74, 6) is -6.84. The Morgan fingerprint density at radius 3 is 1.23 bits per heavy atom. The zero-order valence-electron chi connectivity index (χ0n) is 67.1. The maximum absolute atomic E-state index is 11.7. The van der Waals surface area contributed by atoms with Crippen molar-refractivity contribution in [3.05, 3.63) is 34.9 Å². The van der Waals surface area contributed by atoms with Crippen LogP contribution in [0, 0.1) is 56.2 Å². The number of nitrogens with one attached hydrogen (secondary N) is 1. The zero-order valence-corrected chi connectivity index (χ0v) is 67.1. The third-order valence-corrected chi connectivity index (χ3v) is 18.8. The molecule has 1 aromatic rings. The van der Waals surface area contributed by atoms with Gasteiger partial charge in [-0.2, -0.15) is 0 Å². The molecule has 2 aliphatic carbocycles. The summed E-state index contributed by atoms with van der Waals surface area (Å²) in [6.45, 7) is 33.9. The summed E-state index contributed by atoms with van der Waals surface area (Å²) >= 11 is 0. The standard InChI is InChI=1S/C17H22O8.2C16H28O6.C15H28O6.C12H23NO5/c1-4-17(2,3)16(22)23-7-8-24-25-10-12-9-11(14(18)19)5-6-13(12)15(20)21;1-4-16(2,3)15(19)20-9-10-21-22-11-12-5-7-13(8-6-12)14(17)18;1-4-16(2,3)15(19)20-9-10-21-22-11-12-7-5-6-8-13(12)14(17)18;1-6-14(2,3)13(18)19-10-11-21-20-9-7-8-15(4,5)12(16)17;1-4-12(2,3)11(16)13-7-9-18-17-8-5-6-10(14)15/h5-6,9H,4,7-8,10H2,1-3H3,(H,18,19)(H,20,21);2*12-13H,4-11H2,1-3H3,(H,17,18);6-11H2,1-5H3,(H,16,17);4-9H2,1-3H3,(H,13,16)(H,14,15). The fraction of sp³-hybridized carbons (Fsp3) is 0.776. The van der Waals surface area contributed by atoms with Crippen molar-refractivity contribution in [1.29, 1.82) is 0 Å². The first-order valence-electron chi connectivity index (χ1n) is 37.2. The SMILES string of the molecule is CCC(C)(C)C(=O)NCCOOCCCC(=O)O.CCC(C)(C)C(=O)OCCOOCC1CCC(C(=O)O)CC1.CCC(C)(C)C(=O)OCCOOCC1CCCCC1C(=O)O.CCC(C)(C)C(=O)OCCOOCCCC(C)(C)C(=O)O.CCC(C)(C)C(=O)OCCOOCc1cc(C(=O)O)ccc1C(=O)O. The molecule has 0 heterocycles. The molecule has 108 heavy (non-hydrogen) atoms. The van der Waals surface area contributed by atoms with E-state index in [-0.39, 0.29) is 155 Å². The number of carboxylic acids is 6. The highest BCUT2D eigenvalue weighted by Crippen LogP contribution is 2.32. The summed E-state index contributed by atoms with van der Waals surface area (Å²) in [5.41, 5.74) is -3.12. The molecule has 2 unspecified atom stereocenters. The van der Waals surface area contributed by atoms with Gasteiger partial charge in [0.05, 0.1) is 83.1 Å². The van der Waals surface area contributed by atoms with Crippen LogP contribution in [0.3, 0.4) is 0 Å². The quantitative estimate of drug-likeness (QED) is 0.0105. The molecule has 624 valence electrons. The van der Waals surface area contributed by atoms with Gasteiger partial charge in [0.2, 0.25) is 5.91 Å². The van der Waals surface area contributed by atoms with E-state index in [0.717, 1.165) is 44.9 Å². The third kappa shape index (κ3) is 45.8. The molecule has 0 radical (unpaired) electrons. The predicted molar refractivity (Wildman–Crippen MR) is 390 cm³/mol. The maximum Gasteiger partial charge on any atom is 0.336 e. The van der Waals surface area contributed by atoms with E-state index in [1.807, 2.05) is 90.0 Å². The first-order valence-corrected chi connectivity index (χ1v) is 37.2. The number of rotatable bonds is 49. The fourth-order valence-corrected chi connectivity index (χ4v) is 8.76. The number of aromatic carboxylic acids is 2. The molecule has 1 aromatic carbocycles. The lowest BCUT2D eigenvalue weighted by atomic mass is 9.80. The minimum atomic E-state index is -1.20. The predicted octanol–water partition coefficient (Wildman–Crippen LogP) is 12.3. The van der Waals surface area contributed by atoms with Crippen LogP contribution >= 0.6 is 0 Å². The molecule has 2 aliphatic rings. The lowest BCUT2D eigenvalue weighted by molar-refractivity contribution is -0.307. The van der Waals surface area contributed by atoms with Crippen LogP contribution < -0.4 is 5.32 Å². The van der Waals surface area contributed by atoms with Crippen molar-refractivity contribution in [3.63, 3.8) is 0 Å². The molecule has 3 rings (SSSR count). The molecule has 0 aromatic heterocycles. The number of esters is 4. The van der Waals surface area contributed by atoms with Gasteiger partial charge in [0.15, 0.2) is 0 Å². The van der Waals surface area contributed by atoms with Gasteiger partial charge in [0.25, 0.3) is 0 Å². The van der Waals surface area contributed by atoms with Crippen molar-refractivity contribution in [2.45, 2.75) is 233 Å². The van der Waals surface area contributed by atoms with Gasteiger partial charge >= 0.3 is 59.7 Å². The first kappa shape index (κ1) is 103. The van der Waals surface area contributed by atoms with Crippen LogP contribution in [-0.4, -0.2) is 189 Å². The van der Waals surface area contributed by atoms with Crippen LogP contribution in [0.4, 0.5) is 0 Å². The maximum atomic E-state index is 11.7. The van der Waals surface area contributed by atoms with E-state index in [9.17, 15) is 52.7 Å². The highest BCUT2D eigenvalue weighted by Gasteiger charge is 2.34. The molecule has 7 N–H and O–H groups in total. The van der Waals surface area contributed by atoms with Gasteiger partial charge in [0, 0.05) is 18.4 Å². The molecule has 2 saturated carbocycles. The number of hydrogen-bond acceptors (Lipinski definition) is 25. The number of hydrogen-bond donors (Lipinski definition) is 7. The van der Waals surface area contributed by atoms with Crippen molar-refractivity contribution in [2.24, 2.45) is 56.2 Å². The largest absolute Gasteiger partial charge is 0.481 e. The summed E-state index contributed by atoms with van der Waals surface area (Å²) in [7, 11) is 0. The Hall–Kier alpha value is -7.01. The second-order valence-electron chi connectivity index (χ2n) is 29.9.